The zero-order valence-electron chi connectivity index (χ0n) is 18.4. The van der Waals surface area contributed by atoms with Crippen LogP contribution >= 0.6 is 24.0 Å². The number of pyridine rings is 1. The number of piperazine rings is 1. The molecule has 1 N–H and O–H groups in total. The summed E-state index contributed by atoms with van der Waals surface area (Å²) in [7, 11) is 0. The van der Waals surface area contributed by atoms with Crippen molar-refractivity contribution in [1.29, 1.82) is 0 Å². The third-order valence-electron chi connectivity index (χ3n) is 5.40. The highest BCUT2D eigenvalue weighted by atomic mass is 127. The Labute approximate surface area is 205 Å². The monoisotopic (exact) mass is 549 g/mol. The van der Waals surface area contributed by atoms with Gasteiger partial charge in [0.25, 0.3) is 0 Å². The summed E-state index contributed by atoms with van der Waals surface area (Å²) in [4.78, 5) is 17.9. The van der Waals surface area contributed by atoms with Crippen LogP contribution in [0.3, 0.4) is 0 Å². The van der Waals surface area contributed by atoms with Gasteiger partial charge in [0.15, 0.2) is 5.96 Å². The van der Waals surface area contributed by atoms with Gasteiger partial charge in [-0.25, -0.2) is 19.4 Å². The molecule has 0 aliphatic carbocycles. The second-order valence-electron chi connectivity index (χ2n) is 7.46. The van der Waals surface area contributed by atoms with E-state index in [0.717, 1.165) is 55.9 Å². The highest BCUT2D eigenvalue weighted by molar-refractivity contribution is 14.0. The molecule has 0 unspecified atom stereocenters. The highest BCUT2D eigenvalue weighted by Gasteiger charge is 2.21. The van der Waals surface area contributed by atoms with E-state index >= 15 is 0 Å². The molecular weight excluding hydrogens is 520 g/mol. The van der Waals surface area contributed by atoms with Crippen molar-refractivity contribution in [3.05, 3.63) is 72.2 Å². The topological polar surface area (TPSA) is 61.6 Å². The molecule has 1 fully saturated rings. The fourth-order valence-corrected chi connectivity index (χ4v) is 3.73. The van der Waals surface area contributed by atoms with Gasteiger partial charge in [0.1, 0.15) is 17.5 Å². The third-order valence-corrected chi connectivity index (χ3v) is 5.40. The summed E-state index contributed by atoms with van der Waals surface area (Å²) >= 11 is 0. The Morgan fingerprint density at radius 1 is 1.09 bits per heavy atom. The fraction of sp³-hybridized carbons (Fsp3) is 0.348. The summed E-state index contributed by atoms with van der Waals surface area (Å²) in [6.45, 7) is 8.45. The molecule has 0 spiro atoms. The molecule has 1 aromatic carbocycles. The zero-order valence-corrected chi connectivity index (χ0v) is 20.7. The summed E-state index contributed by atoms with van der Waals surface area (Å²) in [5.41, 5.74) is 1.71. The number of aryl methyl sites for hydroxylation is 1. The lowest BCUT2D eigenvalue weighted by Crippen LogP contribution is -2.52. The molecule has 1 aliphatic rings. The van der Waals surface area contributed by atoms with Crippen LogP contribution in [0.1, 0.15) is 18.3 Å². The van der Waals surface area contributed by atoms with Crippen molar-refractivity contribution < 1.29 is 4.39 Å². The van der Waals surface area contributed by atoms with Crippen LogP contribution in [0, 0.1) is 12.7 Å². The average Bonchev–Trinajstić information content (AvgIpc) is 3.23. The Morgan fingerprint density at radius 3 is 2.50 bits per heavy atom. The standard InChI is InChI=1S/C23H28FN7.HI/c1-3-25-23(30-14-12-29(13-15-30)21-7-5-4-6-20(21)24)28-17-19-8-9-22(27-16-19)31-11-10-26-18(31)2;/h4-11,16H,3,12-15,17H2,1-2H3,(H,25,28);1H. The molecule has 0 radical (unpaired) electrons. The van der Waals surface area contributed by atoms with Crippen LogP contribution in [-0.2, 0) is 6.54 Å². The number of guanidine groups is 1. The molecule has 0 amide bonds. The average molecular weight is 549 g/mol. The van der Waals surface area contributed by atoms with Gasteiger partial charge in [0, 0.05) is 51.3 Å². The van der Waals surface area contributed by atoms with Gasteiger partial charge in [-0.15, -0.1) is 24.0 Å². The molecule has 0 atom stereocenters. The van der Waals surface area contributed by atoms with E-state index in [1.54, 1.807) is 12.3 Å². The van der Waals surface area contributed by atoms with E-state index in [4.69, 9.17) is 4.99 Å². The van der Waals surface area contributed by atoms with Crippen LogP contribution in [0.15, 0.2) is 60.0 Å². The van der Waals surface area contributed by atoms with Crippen molar-refractivity contribution in [3.63, 3.8) is 0 Å². The van der Waals surface area contributed by atoms with Crippen LogP contribution in [-0.4, -0.2) is 58.1 Å². The Bertz CT molecular complexity index is 1030. The minimum Gasteiger partial charge on any atom is -0.366 e. The summed E-state index contributed by atoms with van der Waals surface area (Å²) < 4.78 is 16.0. The molecule has 2 aromatic heterocycles. The maximum Gasteiger partial charge on any atom is 0.194 e. The highest BCUT2D eigenvalue weighted by Crippen LogP contribution is 2.20. The number of nitrogens with one attached hydrogen (secondary N) is 1. The molecule has 32 heavy (non-hydrogen) atoms. The lowest BCUT2D eigenvalue weighted by Gasteiger charge is -2.37. The Kier molecular flexibility index (Phi) is 8.43. The first-order valence-corrected chi connectivity index (χ1v) is 10.6. The smallest absolute Gasteiger partial charge is 0.194 e. The van der Waals surface area contributed by atoms with Crippen molar-refractivity contribution in [2.24, 2.45) is 4.99 Å². The lowest BCUT2D eigenvalue weighted by atomic mass is 10.2. The first kappa shape index (κ1) is 24.0. The molecule has 3 heterocycles. The molecule has 0 saturated carbocycles. The molecule has 7 nitrogen and oxygen atoms in total. The van der Waals surface area contributed by atoms with Crippen LogP contribution in [0.25, 0.3) is 5.82 Å². The van der Waals surface area contributed by atoms with Gasteiger partial charge in [-0.2, -0.15) is 0 Å². The van der Waals surface area contributed by atoms with E-state index in [0.29, 0.717) is 12.2 Å². The molecule has 4 rings (SSSR count). The van der Waals surface area contributed by atoms with E-state index in [-0.39, 0.29) is 29.8 Å². The predicted octanol–water partition coefficient (Wildman–Crippen LogP) is 3.62. The quantitative estimate of drug-likeness (QED) is 0.300. The van der Waals surface area contributed by atoms with Crippen molar-refractivity contribution >= 4 is 35.6 Å². The Balaban J connectivity index is 0.00000289. The zero-order chi connectivity index (χ0) is 21.6. The van der Waals surface area contributed by atoms with Gasteiger partial charge in [-0.3, -0.25) is 4.57 Å². The van der Waals surface area contributed by atoms with E-state index in [1.165, 1.54) is 6.07 Å². The van der Waals surface area contributed by atoms with Crippen LogP contribution in [0.4, 0.5) is 10.1 Å². The largest absolute Gasteiger partial charge is 0.366 e. The summed E-state index contributed by atoms with van der Waals surface area (Å²) in [6.07, 6.45) is 5.53. The number of rotatable bonds is 5. The molecule has 170 valence electrons. The van der Waals surface area contributed by atoms with Gasteiger partial charge >= 0.3 is 0 Å². The van der Waals surface area contributed by atoms with Gasteiger partial charge in [-0.1, -0.05) is 18.2 Å². The van der Waals surface area contributed by atoms with E-state index in [1.807, 2.05) is 48.1 Å². The van der Waals surface area contributed by atoms with Gasteiger partial charge < -0.3 is 15.1 Å². The lowest BCUT2D eigenvalue weighted by molar-refractivity contribution is 0.370. The molecule has 9 heteroatoms. The van der Waals surface area contributed by atoms with Crippen LogP contribution in [0.2, 0.25) is 0 Å². The van der Waals surface area contributed by atoms with E-state index < -0.39 is 0 Å². The molecule has 1 aliphatic heterocycles. The van der Waals surface area contributed by atoms with Crippen molar-refractivity contribution in [2.45, 2.75) is 20.4 Å². The molecular formula is C23H29FIN7. The van der Waals surface area contributed by atoms with E-state index in [2.05, 4.69) is 32.0 Å². The van der Waals surface area contributed by atoms with Gasteiger partial charge in [-0.05, 0) is 37.6 Å². The number of halogens is 2. The van der Waals surface area contributed by atoms with Gasteiger partial charge in [0.2, 0.25) is 0 Å². The van der Waals surface area contributed by atoms with Crippen LogP contribution in [0.5, 0.6) is 0 Å². The molecule has 3 aromatic rings. The number of hydrogen-bond acceptors (Lipinski definition) is 4. The maximum atomic E-state index is 14.1. The second kappa shape index (κ2) is 11.3. The minimum absolute atomic E-state index is 0. The predicted molar refractivity (Wildman–Crippen MR) is 137 cm³/mol. The summed E-state index contributed by atoms with van der Waals surface area (Å²) in [5.74, 6) is 2.46. The number of nitrogens with zero attached hydrogens (tertiary/aromatic N) is 6. The first-order chi connectivity index (χ1) is 15.2. The first-order valence-electron chi connectivity index (χ1n) is 10.6. The number of aromatic nitrogens is 3. The number of benzene rings is 1. The number of para-hydroxylation sites is 1. The maximum absolute atomic E-state index is 14.1. The SMILES string of the molecule is CCNC(=NCc1ccc(-n2ccnc2C)nc1)N1CCN(c2ccccc2F)CC1.I. The summed E-state index contributed by atoms with van der Waals surface area (Å²) in [6, 6.07) is 11.0. The van der Waals surface area contributed by atoms with Crippen molar-refractivity contribution in [1.82, 2.24) is 24.8 Å². The number of aliphatic imine (C=N–C) groups is 1. The van der Waals surface area contributed by atoms with Crippen LogP contribution < -0.4 is 10.2 Å². The number of imidazole rings is 1. The molecule has 1 saturated heterocycles. The van der Waals surface area contributed by atoms with E-state index in [9.17, 15) is 4.39 Å². The van der Waals surface area contributed by atoms with Gasteiger partial charge in [0.05, 0.1) is 12.2 Å². The third kappa shape index (κ3) is 5.56. The Morgan fingerprint density at radius 2 is 1.88 bits per heavy atom. The number of anilines is 1. The van der Waals surface area contributed by atoms with Crippen molar-refractivity contribution in [2.75, 3.05) is 37.6 Å². The van der Waals surface area contributed by atoms with Crippen molar-refractivity contribution in [3.8, 4) is 5.82 Å². The normalized spacial score (nSPS) is 14.3. The number of hydrogen-bond donors (Lipinski definition) is 1. The summed E-state index contributed by atoms with van der Waals surface area (Å²) in [5, 5.41) is 3.38. The molecule has 0 bridgehead atoms. The Hall–Kier alpha value is -2.69. The minimum atomic E-state index is -0.168. The second-order valence-corrected chi connectivity index (χ2v) is 7.46. The fourth-order valence-electron chi connectivity index (χ4n) is 3.73.